The van der Waals surface area contributed by atoms with Gasteiger partial charge in [0.25, 0.3) is 0 Å². The Hall–Kier alpha value is -1.10. The Bertz CT molecular complexity index is 531. The highest BCUT2D eigenvalue weighted by Gasteiger charge is 2.43. The van der Waals surface area contributed by atoms with Gasteiger partial charge in [-0.1, -0.05) is 20.3 Å². The van der Waals surface area contributed by atoms with Gasteiger partial charge in [-0.25, -0.2) is 4.98 Å². The van der Waals surface area contributed by atoms with Crippen molar-refractivity contribution in [3.8, 4) is 0 Å². The maximum atomic E-state index is 4.70. The van der Waals surface area contributed by atoms with Gasteiger partial charge in [0.2, 0.25) is 0 Å². The van der Waals surface area contributed by atoms with E-state index in [1.807, 2.05) is 7.05 Å². The van der Waals surface area contributed by atoms with Crippen LogP contribution in [-0.2, 0) is 6.42 Å². The summed E-state index contributed by atoms with van der Waals surface area (Å²) in [6, 6.07) is 0. The molecule has 1 saturated heterocycles. The minimum Gasteiger partial charge on any atom is -0.356 e. The van der Waals surface area contributed by atoms with Crippen LogP contribution in [0.15, 0.2) is 10.4 Å². The fourth-order valence-corrected chi connectivity index (χ4v) is 4.41. The van der Waals surface area contributed by atoms with Crippen molar-refractivity contribution in [1.29, 1.82) is 0 Å². The maximum absolute atomic E-state index is 4.70. The van der Waals surface area contributed by atoms with E-state index in [0.29, 0.717) is 11.3 Å². The van der Waals surface area contributed by atoms with Gasteiger partial charge in [0.15, 0.2) is 5.96 Å². The van der Waals surface area contributed by atoms with Gasteiger partial charge in [-0.05, 0) is 24.7 Å². The van der Waals surface area contributed by atoms with E-state index in [1.54, 1.807) is 11.3 Å². The van der Waals surface area contributed by atoms with Crippen molar-refractivity contribution in [2.45, 2.75) is 51.9 Å². The molecule has 1 aromatic rings. The molecule has 2 heterocycles. The summed E-state index contributed by atoms with van der Waals surface area (Å²) >= 11 is 1.78. The molecule has 2 fully saturated rings. The van der Waals surface area contributed by atoms with E-state index in [4.69, 9.17) is 4.98 Å². The summed E-state index contributed by atoms with van der Waals surface area (Å²) in [7, 11) is 1.90. The molecule has 0 radical (unpaired) electrons. The van der Waals surface area contributed by atoms with Crippen LogP contribution in [0.25, 0.3) is 0 Å². The molecule has 1 saturated carbocycles. The molecule has 1 aliphatic heterocycles. The van der Waals surface area contributed by atoms with Gasteiger partial charge in [0, 0.05) is 44.4 Å². The highest BCUT2D eigenvalue weighted by Crippen LogP contribution is 2.47. The van der Waals surface area contributed by atoms with Gasteiger partial charge in [-0.15, -0.1) is 11.3 Å². The maximum Gasteiger partial charge on any atom is 0.193 e. The van der Waals surface area contributed by atoms with Crippen LogP contribution in [-0.4, -0.2) is 42.5 Å². The topological polar surface area (TPSA) is 40.5 Å². The van der Waals surface area contributed by atoms with Gasteiger partial charge in [-0.2, -0.15) is 0 Å². The van der Waals surface area contributed by atoms with Crippen molar-refractivity contribution in [3.05, 3.63) is 16.1 Å². The number of likely N-dealkylation sites (tertiary alicyclic amines) is 1. The van der Waals surface area contributed by atoms with Crippen LogP contribution < -0.4 is 5.32 Å². The zero-order valence-electron chi connectivity index (χ0n) is 14.1. The van der Waals surface area contributed by atoms with Crippen molar-refractivity contribution in [2.75, 3.05) is 26.7 Å². The summed E-state index contributed by atoms with van der Waals surface area (Å²) in [4.78, 5) is 11.6. The third kappa shape index (κ3) is 3.29. The monoisotopic (exact) mass is 320 g/mol. The Labute approximate surface area is 138 Å². The molecule has 1 spiro atoms. The van der Waals surface area contributed by atoms with E-state index >= 15 is 0 Å². The van der Waals surface area contributed by atoms with Crippen molar-refractivity contribution in [2.24, 2.45) is 10.4 Å². The predicted molar refractivity (Wildman–Crippen MR) is 93.7 cm³/mol. The number of aromatic nitrogens is 1. The van der Waals surface area contributed by atoms with E-state index in [2.05, 4.69) is 34.4 Å². The molecule has 1 aromatic heterocycles. The molecule has 1 N–H and O–H groups in total. The third-order valence-corrected chi connectivity index (χ3v) is 6.29. The van der Waals surface area contributed by atoms with Crippen LogP contribution in [0.5, 0.6) is 0 Å². The zero-order valence-corrected chi connectivity index (χ0v) is 14.9. The van der Waals surface area contributed by atoms with E-state index in [0.717, 1.165) is 25.5 Å². The summed E-state index contributed by atoms with van der Waals surface area (Å²) in [5.41, 5.74) is 1.83. The molecule has 5 heteroatoms. The normalized spacial score (nSPS) is 20.7. The number of nitrogens with one attached hydrogen (secondary N) is 1. The minimum atomic E-state index is 0.530. The van der Waals surface area contributed by atoms with Crippen LogP contribution >= 0.6 is 11.3 Å². The van der Waals surface area contributed by atoms with Crippen LogP contribution in [0.4, 0.5) is 0 Å². The first kappa shape index (κ1) is 15.8. The van der Waals surface area contributed by atoms with E-state index < -0.39 is 0 Å². The lowest BCUT2D eigenvalue weighted by Crippen LogP contribution is -2.43. The number of guanidine groups is 1. The summed E-state index contributed by atoms with van der Waals surface area (Å²) in [6.07, 6.45) is 6.56. The summed E-state index contributed by atoms with van der Waals surface area (Å²) in [5, 5.41) is 6.96. The molecular weight excluding hydrogens is 292 g/mol. The lowest BCUT2D eigenvalue weighted by molar-refractivity contribution is 0.151. The van der Waals surface area contributed by atoms with Crippen LogP contribution in [0.2, 0.25) is 0 Å². The molecular formula is C17H28N4S. The highest BCUT2D eigenvalue weighted by molar-refractivity contribution is 7.09. The van der Waals surface area contributed by atoms with Crippen molar-refractivity contribution >= 4 is 17.3 Å². The van der Waals surface area contributed by atoms with Crippen LogP contribution in [0.1, 0.15) is 56.2 Å². The molecule has 3 rings (SSSR count). The first-order valence-electron chi connectivity index (χ1n) is 8.52. The van der Waals surface area contributed by atoms with Crippen molar-refractivity contribution < 1.29 is 0 Å². The summed E-state index contributed by atoms with van der Waals surface area (Å²) in [6.45, 7) is 7.67. The van der Waals surface area contributed by atoms with Gasteiger partial charge in [-0.3, -0.25) is 4.99 Å². The van der Waals surface area contributed by atoms with Crippen molar-refractivity contribution in [3.63, 3.8) is 0 Å². The number of nitrogens with zero attached hydrogens (tertiary/aromatic N) is 3. The van der Waals surface area contributed by atoms with E-state index in [9.17, 15) is 0 Å². The number of aliphatic imine (C=N–C) groups is 1. The first-order chi connectivity index (χ1) is 10.6. The second-order valence-corrected chi connectivity index (χ2v) is 7.97. The molecule has 22 heavy (non-hydrogen) atoms. The highest BCUT2D eigenvalue weighted by atomic mass is 32.1. The van der Waals surface area contributed by atoms with Gasteiger partial charge in [0.05, 0.1) is 10.7 Å². The Kier molecular flexibility index (Phi) is 4.71. The molecule has 0 aromatic carbocycles. The molecule has 0 unspecified atom stereocenters. The summed E-state index contributed by atoms with van der Waals surface area (Å²) < 4.78 is 0. The average molecular weight is 321 g/mol. The van der Waals surface area contributed by atoms with E-state index in [-0.39, 0.29) is 0 Å². The lowest BCUT2D eigenvalue weighted by Gasteiger charge is -2.38. The zero-order chi connectivity index (χ0) is 15.6. The number of thiazole rings is 1. The number of hydrogen-bond acceptors (Lipinski definition) is 3. The first-order valence-corrected chi connectivity index (χ1v) is 9.40. The second kappa shape index (κ2) is 6.57. The molecule has 0 amide bonds. The predicted octanol–water partition coefficient (Wildman–Crippen LogP) is 3.26. The average Bonchev–Trinajstić information content (AvgIpc) is 3.10. The SMILES string of the molecule is CN=C(NCCc1csc(C(C)C)n1)N1CCC2(CCC2)C1. The molecule has 2 aliphatic rings. The molecule has 4 nitrogen and oxygen atoms in total. The fourth-order valence-electron chi connectivity index (χ4n) is 3.54. The standard InChI is InChI=1S/C17H28N4S/c1-13(2)15-20-14(11-22-15)5-9-19-16(18-3)21-10-8-17(12-21)6-4-7-17/h11,13H,4-10,12H2,1-3H3,(H,18,19). The number of hydrogen-bond donors (Lipinski definition) is 1. The number of rotatable bonds is 4. The Morgan fingerprint density at radius 1 is 1.45 bits per heavy atom. The van der Waals surface area contributed by atoms with Crippen LogP contribution in [0.3, 0.4) is 0 Å². The Balaban J connectivity index is 1.47. The van der Waals surface area contributed by atoms with Crippen LogP contribution in [0, 0.1) is 5.41 Å². The Morgan fingerprint density at radius 3 is 2.82 bits per heavy atom. The second-order valence-electron chi connectivity index (χ2n) is 7.08. The van der Waals surface area contributed by atoms with Gasteiger partial charge >= 0.3 is 0 Å². The third-order valence-electron chi connectivity index (χ3n) is 5.09. The molecule has 122 valence electrons. The molecule has 0 bridgehead atoms. The minimum absolute atomic E-state index is 0.530. The van der Waals surface area contributed by atoms with Crippen molar-refractivity contribution in [1.82, 2.24) is 15.2 Å². The van der Waals surface area contributed by atoms with Gasteiger partial charge in [0.1, 0.15) is 0 Å². The van der Waals surface area contributed by atoms with E-state index in [1.165, 1.54) is 42.9 Å². The molecule has 0 atom stereocenters. The fraction of sp³-hybridized carbons (Fsp3) is 0.765. The lowest BCUT2D eigenvalue weighted by atomic mass is 9.68. The largest absolute Gasteiger partial charge is 0.356 e. The smallest absolute Gasteiger partial charge is 0.193 e. The summed E-state index contributed by atoms with van der Waals surface area (Å²) in [5.74, 6) is 1.60. The molecule has 1 aliphatic carbocycles. The van der Waals surface area contributed by atoms with Gasteiger partial charge < -0.3 is 10.2 Å². The Morgan fingerprint density at radius 2 is 2.27 bits per heavy atom. The quantitative estimate of drug-likeness (QED) is 0.684.